The van der Waals surface area contributed by atoms with Crippen LogP contribution in [0.1, 0.15) is 11.6 Å². The van der Waals surface area contributed by atoms with Crippen molar-refractivity contribution in [1.29, 1.82) is 0 Å². The molecule has 19 heavy (non-hydrogen) atoms. The molecule has 1 unspecified atom stereocenters. The molecule has 2 N–H and O–H groups in total. The molecule has 0 saturated heterocycles. The molecule has 2 aromatic rings. The summed E-state index contributed by atoms with van der Waals surface area (Å²) in [5.41, 5.74) is 8.11. The molecular weight excluding hydrogens is 258 g/mol. The Morgan fingerprint density at radius 3 is 2.47 bits per heavy atom. The predicted molar refractivity (Wildman–Crippen MR) is 79.6 cm³/mol. The molecule has 0 saturated carbocycles. The van der Waals surface area contributed by atoms with E-state index in [1.165, 1.54) is 0 Å². The first-order valence-corrected chi connectivity index (χ1v) is 6.54. The number of para-hydroxylation sites is 1. The van der Waals surface area contributed by atoms with Gasteiger partial charge in [-0.1, -0.05) is 48.0 Å². The molecule has 1 aliphatic heterocycles. The van der Waals surface area contributed by atoms with E-state index < -0.39 is 0 Å². The predicted octanol–water partition coefficient (Wildman–Crippen LogP) is 3.22. The Hall–Kier alpha value is -2.00. The van der Waals surface area contributed by atoms with Crippen LogP contribution in [0.15, 0.2) is 59.6 Å². The third-order valence-electron chi connectivity index (χ3n) is 3.28. The number of rotatable bonds is 2. The number of guanidine groups is 1. The first-order chi connectivity index (χ1) is 9.27. The van der Waals surface area contributed by atoms with Gasteiger partial charge in [-0.05, 0) is 23.8 Å². The fourth-order valence-corrected chi connectivity index (χ4v) is 2.64. The number of anilines is 1. The third-order valence-corrected chi connectivity index (χ3v) is 3.63. The molecule has 0 aliphatic carbocycles. The Morgan fingerprint density at radius 2 is 1.74 bits per heavy atom. The molecule has 1 atom stereocenters. The van der Waals surface area contributed by atoms with E-state index in [1.807, 2.05) is 59.5 Å². The van der Waals surface area contributed by atoms with Gasteiger partial charge >= 0.3 is 0 Å². The highest BCUT2D eigenvalue weighted by molar-refractivity contribution is 6.31. The van der Waals surface area contributed by atoms with E-state index >= 15 is 0 Å². The number of hydrogen-bond donors (Lipinski definition) is 1. The van der Waals surface area contributed by atoms with Crippen LogP contribution in [0.25, 0.3) is 0 Å². The zero-order chi connectivity index (χ0) is 13.2. The molecule has 0 bridgehead atoms. The van der Waals surface area contributed by atoms with Crippen molar-refractivity contribution in [2.45, 2.75) is 6.04 Å². The second kappa shape index (κ2) is 4.94. The summed E-state index contributed by atoms with van der Waals surface area (Å²) in [7, 11) is 0. The van der Waals surface area contributed by atoms with E-state index in [0.717, 1.165) is 16.3 Å². The van der Waals surface area contributed by atoms with Gasteiger partial charge in [0.15, 0.2) is 5.96 Å². The molecule has 0 aromatic heterocycles. The highest BCUT2D eigenvalue weighted by Crippen LogP contribution is 2.34. The number of hydrogen-bond acceptors (Lipinski definition) is 3. The summed E-state index contributed by atoms with van der Waals surface area (Å²) in [5.74, 6) is 0.538. The summed E-state index contributed by atoms with van der Waals surface area (Å²) in [6.07, 6.45) is 0. The van der Waals surface area contributed by atoms with Crippen LogP contribution in [0.4, 0.5) is 5.69 Å². The van der Waals surface area contributed by atoms with Crippen LogP contribution in [-0.2, 0) is 0 Å². The van der Waals surface area contributed by atoms with E-state index in [2.05, 4.69) is 4.99 Å². The maximum Gasteiger partial charge on any atom is 0.196 e. The van der Waals surface area contributed by atoms with Crippen LogP contribution >= 0.6 is 11.6 Å². The lowest BCUT2D eigenvalue weighted by molar-refractivity contribution is 0.769. The van der Waals surface area contributed by atoms with Gasteiger partial charge in [-0.3, -0.25) is 4.99 Å². The molecule has 96 valence electrons. The van der Waals surface area contributed by atoms with Crippen molar-refractivity contribution < 1.29 is 0 Å². The maximum absolute atomic E-state index is 6.29. The molecule has 0 amide bonds. The van der Waals surface area contributed by atoms with Crippen molar-refractivity contribution in [3.63, 3.8) is 0 Å². The van der Waals surface area contributed by atoms with Crippen LogP contribution in [0.2, 0.25) is 5.02 Å². The van der Waals surface area contributed by atoms with Gasteiger partial charge in [0, 0.05) is 10.7 Å². The van der Waals surface area contributed by atoms with Crippen LogP contribution in [0.3, 0.4) is 0 Å². The number of nitrogens with two attached hydrogens (primary N) is 1. The number of benzene rings is 2. The van der Waals surface area contributed by atoms with Crippen molar-refractivity contribution in [1.82, 2.24) is 0 Å². The van der Waals surface area contributed by atoms with E-state index in [-0.39, 0.29) is 6.04 Å². The summed E-state index contributed by atoms with van der Waals surface area (Å²) >= 11 is 6.29. The van der Waals surface area contributed by atoms with Gasteiger partial charge < -0.3 is 10.6 Å². The van der Waals surface area contributed by atoms with Crippen molar-refractivity contribution >= 4 is 23.2 Å². The molecule has 0 radical (unpaired) electrons. The van der Waals surface area contributed by atoms with Crippen LogP contribution in [0.5, 0.6) is 0 Å². The van der Waals surface area contributed by atoms with Gasteiger partial charge in [0.2, 0.25) is 0 Å². The fraction of sp³-hybridized carbons (Fsp3) is 0.133. The molecule has 1 heterocycles. The van der Waals surface area contributed by atoms with Crippen molar-refractivity contribution in [3.8, 4) is 0 Å². The molecule has 4 heteroatoms. The number of aliphatic imine (C=N–C) groups is 1. The van der Waals surface area contributed by atoms with Gasteiger partial charge in [-0.25, -0.2) is 0 Å². The Bertz CT molecular complexity index is 610. The van der Waals surface area contributed by atoms with Crippen molar-refractivity contribution in [3.05, 3.63) is 65.2 Å². The monoisotopic (exact) mass is 271 g/mol. The molecule has 3 rings (SSSR count). The lowest BCUT2D eigenvalue weighted by Gasteiger charge is -2.27. The van der Waals surface area contributed by atoms with Crippen molar-refractivity contribution in [2.24, 2.45) is 10.7 Å². The molecular formula is C15H14ClN3. The lowest BCUT2D eigenvalue weighted by Crippen LogP contribution is -2.36. The second-order valence-electron chi connectivity index (χ2n) is 4.44. The van der Waals surface area contributed by atoms with Crippen molar-refractivity contribution in [2.75, 3.05) is 11.4 Å². The van der Waals surface area contributed by atoms with E-state index in [1.54, 1.807) is 0 Å². The number of halogens is 1. The minimum absolute atomic E-state index is 0.0658. The van der Waals surface area contributed by atoms with Crippen LogP contribution in [-0.4, -0.2) is 12.5 Å². The zero-order valence-corrected chi connectivity index (χ0v) is 11.1. The first-order valence-electron chi connectivity index (χ1n) is 6.16. The summed E-state index contributed by atoms with van der Waals surface area (Å²) in [6, 6.07) is 17.9. The molecule has 2 aromatic carbocycles. The van der Waals surface area contributed by atoms with Crippen LogP contribution in [0, 0.1) is 0 Å². The van der Waals surface area contributed by atoms with E-state index in [0.29, 0.717) is 12.5 Å². The SMILES string of the molecule is NC1=NCC(c2ccccc2Cl)N1c1ccccc1. The number of nitrogens with zero attached hydrogens (tertiary/aromatic N) is 2. The zero-order valence-electron chi connectivity index (χ0n) is 10.3. The van der Waals surface area contributed by atoms with Gasteiger partial charge in [0.05, 0.1) is 12.6 Å². The highest BCUT2D eigenvalue weighted by atomic mass is 35.5. The smallest absolute Gasteiger partial charge is 0.196 e. The largest absolute Gasteiger partial charge is 0.369 e. The maximum atomic E-state index is 6.29. The molecule has 1 aliphatic rings. The Balaban J connectivity index is 2.02. The minimum Gasteiger partial charge on any atom is -0.369 e. The van der Waals surface area contributed by atoms with Gasteiger partial charge in [0.25, 0.3) is 0 Å². The quantitative estimate of drug-likeness (QED) is 0.911. The molecule has 0 spiro atoms. The average Bonchev–Trinajstić information content (AvgIpc) is 2.82. The van der Waals surface area contributed by atoms with E-state index in [4.69, 9.17) is 17.3 Å². The van der Waals surface area contributed by atoms with Crippen LogP contribution < -0.4 is 10.6 Å². The first kappa shape index (κ1) is 12.1. The summed E-state index contributed by atoms with van der Waals surface area (Å²) in [5, 5.41) is 0.748. The molecule has 3 nitrogen and oxygen atoms in total. The summed E-state index contributed by atoms with van der Waals surface area (Å²) < 4.78 is 0. The summed E-state index contributed by atoms with van der Waals surface area (Å²) in [4.78, 5) is 6.38. The topological polar surface area (TPSA) is 41.6 Å². The molecule has 0 fully saturated rings. The standard InChI is InChI=1S/C15H14ClN3/c16-13-9-5-4-8-12(13)14-10-18-15(17)19(14)11-6-2-1-3-7-11/h1-9,14H,10H2,(H2,17,18). The summed E-state index contributed by atoms with van der Waals surface area (Å²) in [6.45, 7) is 0.629. The Morgan fingerprint density at radius 1 is 1.05 bits per heavy atom. The lowest BCUT2D eigenvalue weighted by atomic mass is 10.1. The minimum atomic E-state index is 0.0658. The Kier molecular flexibility index (Phi) is 3.13. The highest BCUT2D eigenvalue weighted by Gasteiger charge is 2.29. The second-order valence-corrected chi connectivity index (χ2v) is 4.85. The van der Waals surface area contributed by atoms with Gasteiger partial charge in [0.1, 0.15) is 0 Å². The Labute approximate surface area is 117 Å². The normalized spacial score (nSPS) is 18.5. The van der Waals surface area contributed by atoms with Gasteiger partial charge in [-0.2, -0.15) is 0 Å². The third kappa shape index (κ3) is 2.17. The van der Waals surface area contributed by atoms with Gasteiger partial charge in [-0.15, -0.1) is 0 Å². The fourth-order valence-electron chi connectivity index (χ4n) is 2.38. The average molecular weight is 272 g/mol. The van der Waals surface area contributed by atoms with E-state index in [9.17, 15) is 0 Å².